The molecule has 1 amide bonds. The van der Waals surface area contributed by atoms with Gasteiger partial charge in [0, 0.05) is 13.1 Å². The van der Waals surface area contributed by atoms with Crippen LogP contribution < -0.4 is 10.6 Å². The molecule has 1 atom stereocenters. The number of hydrogen-bond donors (Lipinski definition) is 3. The Balaban J connectivity index is 1.67. The van der Waals surface area contributed by atoms with Gasteiger partial charge in [-0.2, -0.15) is 5.21 Å². The highest BCUT2D eigenvalue weighted by molar-refractivity contribution is 5.76. The van der Waals surface area contributed by atoms with Gasteiger partial charge in [-0.15, -0.1) is 10.2 Å². The van der Waals surface area contributed by atoms with Crippen LogP contribution in [0.5, 0.6) is 0 Å². The van der Waals surface area contributed by atoms with Crippen molar-refractivity contribution in [1.29, 1.82) is 0 Å². The summed E-state index contributed by atoms with van der Waals surface area (Å²) in [5, 5.41) is 19.0. The molecule has 0 bridgehead atoms. The predicted molar refractivity (Wildman–Crippen MR) is 53.3 cm³/mol. The van der Waals surface area contributed by atoms with Gasteiger partial charge in [0.25, 0.3) is 0 Å². The van der Waals surface area contributed by atoms with Gasteiger partial charge in [-0.1, -0.05) is 5.21 Å². The second kappa shape index (κ2) is 5.52. The first-order valence-electron chi connectivity index (χ1n) is 5.16. The van der Waals surface area contributed by atoms with Crippen LogP contribution >= 0.6 is 0 Å². The normalized spacial score (nSPS) is 20.6. The molecule has 0 saturated carbocycles. The minimum Gasteiger partial charge on any atom is -0.375 e. The molecule has 1 aromatic rings. The van der Waals surface area contributed by atoms with E-state index in [2.05, 4.69) is 31.3 Å². The fraction of sp³-hybridized carbons (Fsp3) is 0.750. The van der Waals surface area contributed by atoms with Crippen molar-refractivity contribution in [1.82, 2.24) is 31.3 Å². The molecule has 8 nitrogen and oxygen atoms in total. The Hall–Kier alpha value is -1.54. The molecule has 88 valence electrons. The third-order valence-electron chi connectivity index (χ3n) is 2.25. The van der Waals surface area contributed by atoms with Crippen LogP contribution in [0, 0.1) is 0 Å². The third kappa shape index (κ3) is 3.24. The van der Waals surface area contributed by atoms with E-state index in [0.717, 1.165) is 13.1 Å². The molecule has 0 radical (unpaired) electrons. The molecule has 1 aliphatic heterocycles. The number of ether oxygens (including phenoxy) is 1. The molecular formula is C8H14N6O2. The van der Waals surface area contributed by atoms with Crippen molar-refractivity contribution in [2.75, 3.05) is 19.7 Å². The number of tetrazole rings is 1. The number of amides is 1. The highest BCUT2D eigenvalue weighted by Crippen LogP contribution is 2.01. The van der Waals surface area contributed by atoms with Gasteiger partial charge in [-0.3, -0.25) is 4.79 Å². The Labute approximate surface area is 92.1 Å². The van der Waals surface area contributed by atoms with Crippen LogP contribution in [-0.4, -0.2) is 52.3 Å². The highest BCUT2D eigenvalue weighted by Gasteiger charge is 2.17. The predicted octanol–water partition coefficient (Wildman–Crippen LogP) is -1.81. The second-order valence-electron chi connectivity index (χ2n) is 3.51. The fourth-order valence-electron chi connectivity index (χ4n) is 1.46. The monoisotopic (exact) mass is 226 g/mol. The number of carbonyl (C=O) groups excluding carboxylic acids is 1. The van der Waals surface area contributed by atoms with Crippen LogP contribution in [-0.2, 0) is 16.1 Å². The number of rotatable bonds is 4. The Morgan fingerprint density at radius 2 is 2.56 bits per heavy atom. The summed E-state index contributed by atoms with van der Waals surface area (Å²) in [5.74, 6) is 0.398. The molecule has 2 rings (SSSR count). The zero-order chi connectivity index (χ0) is 11.2. The minimum absolute atomic E-state index is 0.0426. The molecule has 2 heterocycles. The number of nitrogens with zero attached hydrogens (tertiary/aromatic N) is 3. The number of hydrogen-bond acceptors (Lipinski definition) is 6. The summed E-state index contributed by atoms with van der Waals surface area (Å²) in [6.45, 7) is 2.51. The highest BCUT2D eigenvalue weighted by atomic mass is 16.5. The van der Waals surface area contributed by atoms with Gasteiger partial charge in [0.2, 0.25) is 5.91 Å². The van der Waals surface area contributed by atoms with Crippen LogP contribution in [0.25, 0.3) is 0 Å². The summed E-state index contributed by atoms with van der Waals surface area (Å²) in [6.07, 6.45) is 0.309. The Kier molecular flexibility index (Phi) is 3.78. The molecule has 1 saturated heterocycles. The SMILES string of the molecule is O=C(CC1CNCCO1)NCc1nn[nH]n1. The first-order valence-corrected chi connectivity index (χ1v) is 5.16. The Bertz CT molecular complexity index is 321. The van der Waals surface area contributed by atoms with Crippen LogP contribution in [0.15, 0.2) is 0 Å². The minimum atomic E-state index is -0.0708. The lowest BCUT2D eigenvalue weighted by Crippen LogP contribution is -2.41. The lowest BCUT2D eigenvalue weighted by atomic mass is 10.2. The number of aromatic amines is 1. The first kappa shape index (κ1) is 11.0. The average Bonchev–Trinajstić information content (AvgIpc) is 2.81. The Morgan fingerprint density at radius 1 is 1.62 bits per heavy atom. The van der Waals surface area contributed by atoms with E-state index in [-0.39, 0.29) is 18.6 Å². The van der Waals surface area contributed by atoms with Gasteiger partial charge in [0.1, 0.15) is 0 Å². The third-order valence-corrected chi connectivity index (χ3v) is 2.25. The zero-order valence-electron chi connectivity index (χ0n) is 8.77. The summed E-state index contributed by atoms with van der Waals surface area (Å²) in [7, 11) is 0. The van der Waals surface area contributed by atoms with Crippen LogP contribution in [0.1, 0.15) is 12.2 Å². The summed E-state index contributed by atoms with van der Waals surface area (Å²) >= 11 is 0. The molecule has 16 heavy (non-hydrogen) atoms. The molecule has 0 aromatic carbocycles. The molecule has 1 aromatic heterocycles. The van der Waals surface area contributed by atoms with Crippen molar-refractivity contribution in [3.63, 3.8) is 0 Å². The Morgan fingerprint density at radius 3 is 3.25 bits per heavy atom. The van der Waals surface area contributed by atoms with Gasteiger partial charge in [-0.25, -0.2) is 0 Å². The maximum atomic E-state index is 11.5. The van der Waals surface area contributed by atoms with Gasteiger partial charge < -0.3 is 15.4 Å². The van der Waals surface area contributed by atoms with Crippen molar-refractivity contribution in [3.05, 3.63) is 5.82 Å². The fourth-order valence-corrected chi connectivity index (χ4v) is 1.46. The van der Waals surface area contributed by atoms with E-state index in [9.17, 15) is 4.79 Å². The van der Waals surface area contributed by atoms with Gasteiger partial charge >= 0.3 is 0 Å². The summed E-state index contributed by atoms with van der Waals surface area (Å²) < 4.78 is 5.41. The van der Waals surface area contributed by atoms with Crippen molar-refractivity contribution in [2.45, 2.75) is 19.1 Å². The maximum absolute atomic E-state index is 11.5. The van der Waals surface area contributed by atoms with Crippen molar-refractivity contribution >= 4 is 5.91 Å². The number of carbonyl (C=O) groups is 1. The molecule has 0 aliphatic carbocycles. The van der Waals surface area contributed by atoms with Gasteiger partial charge in [0.05, 0.1) is 25.7 Å². The van der Waals surface area contributed by atoms with Crippen molar-refractivity contribution in [3.8, 4) is 0 Å². The van der Waals surface area contributed by atoms with Crippen LogP contribution in [0.3, 0.4) is 0 Å². The standard InChI is InChI=1S/C8H14N6O2/c15-8(3-6-4-9-1-2-16-6)10-5-7-11-13-14-12-7/h6,9H,1-5H2,(H,10,15)(H,11,12,13,14). The van der Waals surface area contributed by atoms with E-state index in [1.54, 1.807) is 0 Å². The van der Waals surface area contributed by atoms with Crippen molar-refractivity contribution < 1.29 is 9.53 Å². The second-order valence-corrected chi connectivity index (χ2v) is 3.51. The van der Waals surface area contributed by atoms with Gasteiger partial charge in [-0.05, 0) is 0 Å². The van der Waals surface area contributed by atoms with Crippen LogP contribution in [0.4, 0.5) is 0 Å². The van der Waals surface area contributed by atoms with E-state index in [1.165, 1.54) is 0 Å². The van der Waals surface area contributed by atoms with Crippen molar-refractivity contribution in [2.24, 2.45) is 0 Å². The lowest BCUT2D eigenvalue weighted by molar-refractivity contribution is -0.124. The number of aromatic nitrogens is 4. The zero-order valence-corrected chi connectivity index (χ0v) is 8.77. The average molecular weight is 226 g/mol. The molecule has 8 heteroatoms. The quantitative estimate of drug-likeness (QED) is 0.559. The first-order chi connectivity index (χ1) is 7.84. The number of nitrogens with one attached hydrogen (secondary N) is 3. The van der Waals surface area contributed by atoms with E-state index < -0.39 is 0 Å². The molecule has 1 unspecified atom stereocenters. The largest absolute Gasteiger partial charge is 0.375 e. The molecular weight excluding hydrogens is 212 g/mol. The molecule has 1 aliphatic rings. The van der Waals surface area contributed by atoms with E-state index in [1.807, 2.05) is 0 Å². The molecule has 0 spiro atoms. The number of morpholine rings is 1. The lowest BCUT2D eigenvalue weighted by Gasteiger charge is -2.22. The maximum Gasteiger partial charge on any atom is 0.223 e. The molecule has 3 N–H and O–H groups in total. The van der Waals surface area contributed by atoms with E-state index in [0.29, 0.717) is 18.9 Å². The van der Waals surface area contributed by atoms with E-state index in [4.69, 9.17) is 4.74 Å². The number of H-pyrrole nitrogens is 1. The summed E-state index contributed by atoms with van der Waals surface area (Å²) in [5.41, 5.74) is 0. The topological polar surface area (TPSA) is 105 Å². The smallest absolute Gasteiger partial charge is 0.223 e. The molecule has 1 fully saturated rings. The summed E-state index contributed by atoms with van der Waals surface area (Å²) in [6, 6.07) is 0. The van der Waals surface area contributed by atoms with Gasteiger partial charge in [0.15, 0.2) is 5.82 Å². The van der Waals surface area contributed by atoms with E-state index >= 15 is 0 Å². The van der Waals surface area contributed by atoms with Crippen LogP contribution in [0.2, 0.25) is 0 Å². The summed E-state index contributed by atoms with van der Waals surface area (Å²) in [4.78, 5) is 11.5.